The maximum Gasteiger partial charge on any atom is 0.306 e. The smallest absolute Gasteiger partial charge is 0.306 e. The van der Waals surface area contributed by atoms with Gasteiger partial charge in [-0.05, 0) is 6.42 Å². The Bertz CT molecular complexity index is 278. The van der Waals surface area contributed by atoms with Gasteiger partial charge in [-0.3, -0.25) is 9.59 Å². The lowest BCUT2D eigenvalue weighted by Gasteiger charge is -2.06. The predicted octanol–water partition coefficient (Wildman–Crippen LogP) is 3.64. The van der Waals surface area contributed by atoms with Crippen LogP contribution in [0.5, 0.6) is 0 Å². The molecule has 0 bridgehead atoms. The fourth-order valence-corrected chi connectivity index (χ4v) is 2.01. The van der Waals surface area contributed by atoms with Crippen molar-refractivity contribution in [2.45, 2.75) is 71.1 Å². The van der Waals surface area contributed by atoms with Gasteiger partial charge in [0.25, 0.3) is 0 Å². The van der Waals surface area contributed by atoms with E-state index in [0.717, 1.165) is 12.8 Å². The Hall–Kier alpha value is -1.10. The van der Waals surface area contributed by atoms with E-state index >= 15 is 0 Å². The second-order valence-electron chi connectivity index (χ2n) is 5.41. The molecular weight excluding hydrogens is 284 g/mol. The van der Waals surface area contributed by atoms with Gasteiger partial charge < -0.3 is 14.2 Å². The molecule has 22 heavy (non-hydrogen) atoms. The number of esters is 2. The van der Waals surface area contributed by atoms with E-state index in [1.807, 2.05) is 0 Å². The van der Waals surface area contributed by atoms with Crippen molar-refractivity contribution in [3.8, 4) is 0 Å². The van der Waals surface area contributed by atoms with Crippen LogP contribution in [0.3, 0.4) is 0 Å². The number of carbonyl (C=O) groups excluding carboxylic acids is 2. The molecule has 0 aromatic rings. The van der Waals surface area contributed by atoms with Gasteiger partial charge in [0.2, 0.25) is 0 Å². The largest absolute Gasteiger partial charge is 0.466 e. The molecule has 5 nitrogen and oxygen atoms in total. The van der Waals surface area contributed by atoms with Crippen molar-refractivity contribution < 1.29 is 23.8 Å². The van der Waals surface area contributed by atoms with E-state index < -0.39 is 0 Å². The highest BCUT2D eigenvalue weighted by atomic mass is 16.6. The van der Waals surface area contributed by atoms with Crippen molar-refractivity contribution in [3.05, 3.63) is 0 Å². The van der Waals surface area contributed by atoms with Crippen LogP contribution in [-0.4, -0.2) is 38.9 Å². The van der Waals surface area contributed by atoms with Gasteiger partial charge in [0.15, 0.2) is 0 Å². The van der Waals surface area contributed by atoms with Gasteiger partial charge in [-0.2, -0.15) is 0 Å². The lowest BCUT2D eigenvalue weighted by Crippen LogP contribution is -2.13. The molecule has 0 aliphatic carbocycles. The average Bonchev–Trinajstić information content (AvgIpc) is 2.51. The predicted molar refractivity (Wildman–Crippen MR) is 85.6 cm³/mol. The molecule has 0 aliphatic rings. The van der Waals surface area contributed by atoms with Crippen molar-refractivity contribution in [1.29, 1.82) is 0 Å². The van der Waals surface area contributed by atoms with Crippen molar-refractivity contribution in [2.75, 3.05) is 26.9 Å². The molecule has 0 fully saturated rings. The van der Waals surface area contributed by atoms with E-state index in [1.165, 1.54) is 45.6 Å². The molecule has 130 valence electrons. The fourth-order valence-electron chi connectivity index (χ4n) is 2.01. The number of unbranched alkanes of at least 4 members (excludes halogenated alkanes) is 7. The zero-order valence-corrected chi connectivity index (χ0v) is 14.2. The third-order valence-electron chi connectivity index (χ3n) is 3.34. The van der Waals surface area contributed by atoms with Gasteiger partial charge >= 0.3 is 11.9 Å². The first-order valence-electron chi connectivity index (χ1n) is 8.50. The van der Waals surface area contributed by atoms with Crippen LogP contribution in [0.1, 0.15) is 71.1 Å². The first-order chi connectivity index (χ1) is 10.7. The monoisotopic (exact) mass is 316 g/mol. The van der Waals surface area contributed by atoms with Crippen LogP contribution in [0.15, 0.2) is 0 Å². The summed E-state index contributed by atoms with van der Waals surface area (Å²) in [4.78, 5) is 22.7. The number of carbonyl (C=O) groups is 2. The summed E-state index contributed by atoms with van der Waals surface area (Å²) < 4.78 is 14.7. The van der Waals surface area contributed by atoms with Crippen LogP contribution < -0.4 is 0 Å². The summed E-state index contributed by atoms with van der Waals surface area (Å²) in [5.41, 5.74) is 0. The van der Waals surface area contributed by atoms with Gasteiger partial charge in [-0.1, -0.05) is 51.9 Å². The molecule has 0 aromatic heterocycles. The minimum atomic E-state index is -0.388. The molecule has 5 heteroatoms. The van der Waals surface area contributed by atoms with Crippen LogP contribution in [0.4, 0.5) is 0 Å². The standard InChI is InChI=1S/C17H32O5/c1-3-4-5-6-7-8-9-10-13-21-16(18)11-12-17(19)22-15-14-20-2/h3-15H2,1-2H3. The summed E-state index contributed by atoms with van der Waals surface area (Å²) in [6.45, 7) is 3.26. The summed E-state index contributed by atoms with van der Waals surface area (Å²) in [5.74, 6) is -0.715. The van der Waals surface area contributed by atoms with Gasteiger partial charge in [0.1, 0.15) is 6.61 Å². The second-order valence-corrected chi connectivity index (χ2v) is 5.41. The van der Waals surface area contributed by atoms with E-state index in [9.17, 15) is 9.59 Å². The number of hydrogen-bond donors (Lipinski definition) is 0. The first kappa shape index (κ1) is 20.9. The van der Waals surface area contributed by atoms with Crippen LogP contribution >= 0.6 is 0 Å². The van der Waals surface area contributed by atoms with E-state index in [0.29, 0.717) is 13.2 Å². The van der Waals surface area contributed by atoms with Crippen molar-refractivity contribution in [2.24, 2.45) is 0 Å². The third-order valence-corrected chi connectivity index (χ3v) is 3.34. The molecule has 0 amide bonds. The van der Waals surface area contributed by atoms with Gasteiger partial charge in [-0.25, -0.2) is 0 Å². The Morgan fingerprint density at radius 2 is 1.18 bits per heavy atom. The maximum atomic E-state index is 11.4. The summed E-state index contributed by atoms with van der Waals surface area (Å²) in [6, 6.07) is 0. The van der Waals surface area contributed by atoms with Gasteiger partial charge in [-0.15, -0.1) is 0 Å². The summed E-state index contributed by atoms with van der Waals surface area (Å²) >= 11 is 0. The number of rotatable bonds is 15. The van der Waals surface area contributed by atoms with Gasteiger partial charge in [0.05, 0.1) is 26.1 Å². The third kappa shape index (κ3) is 15.3. The Labute approximate surface area is 134 Å². The molecule has 0 aromatic carbocycles. The lowest BCUT2D eigenvalue weighted by molar-refractivity contribution is -0.151. The van der Waals surface area contributed by atoms with E-state index in [2.05, 4.69) is 6.92 Å². The quantitative estimate of drug-likeness (QED) is 0.341. The maximum absolute atomic E-state index is 11.4. The molecule has 0 aliphatic heterocycles. The number of ether oxygens (including phenoxy) is 3. The molecule has 0 spiro atoms. The van der Waals surface area contributed by atoms with Crippen LogP contribution in [0.25, 0.3) is 0 Å². The normalized spacial score (nSPS) is 10.5. The van der Waals surface area contributed by atoms with Gasteiger partial charge in [0, 0.05) is 7.11 Å². The fraction of sp³-hybridized carbons (Fsp3) is 0.882. The summed E-state index contributed by atoms with van der Waals surface area (Å²) in [6.07, 6.45) is 9.85. The molecule has 0 saturated carbocycles. The van der Waals surface area contributed by atoms with Crippen LogP contribution in [0.2, 0.25) is 0 Å². The molecule has 0 unspecified atom stereocenters. The van der Waals surface area contributed by atoms with E-state index in [1.54, 1.807) is 0 Å². The molecule has 0 rings (SSSR count). The average molecular weight is 316 g/mol. The number of hydrogen-bond acceptors (Lipinski definition) is 5. The molecular formula is C17H32O5. The first-order valence-corrected chi connectivity index (χ1v) is 8.50. The van der Waals surface area contributed by atoms with Crippen LogP contribution in [-0.2, 0) is 23.8 Å². The molecule has 0 atom stereocenters. The molecule has 0 saturated heterocycles. The lowest BCUT2D eigenvalue weighted by atomic mass is 10.1. The second kappa shape index (κ2) is 16.3. The Morgan fingerprint density at radius 1 is 0.682 bits per heavy atom. The Morgan fingerprint density at radius 3 is 1.73 bits per heavy atom. The van der Waals surface area contributed by atoms with Crippen molar-refractivity contribution in [1.82, 2.24) is 0 Å². The Balaban J connectivity index is 3.30. The zero-order chi connectivity index (χ0) is 16.5. The minimum Gasteiger partial charge on any atom is -0.466 e. The minimum absolute atomic E-state index is 0.0694. The highest BCUT2D eigenvalue weighted by Gasteiger charge is 2.08. The van der Waals surface area contributed by atoms with Crippen molar-refractivity contribution >= 4 is 11.9 Å². The van der Waals surface area contributed by atoms with E-state index in [4.69, 9.17) is 14.2 Å². The highest BCUT2D eigenvalue weighted by molar-refractivity contribution is 5.77. The van der Waals surface area contributed by atoms with Crippen molar-refractivity contribution in [3.63, 3.8) is 0 Å². The number of methoxy groups -OCH3 is 1. The SMILES string of the molecule is CCCCCCCCCCOC(=O)CCC(=O)OCCOC. The molecule has 0 heterocycles. The topological polar surface area (TPSA) is 61.8 Å². The van der Waals surface area contributed by atoms with E-state index in [-0.39, 0.29) is 31.4 Å². The molecule has 0 N–H and O–H groups in total. The molecule has 0 radical (unpaired) electrons. The summed E-state index contributed by atoms with van der Waals surface area (Å²) in [7, 11) is 1.54. The Kier molecular flexibility index (Phi) is 15.5. The van der Waals surface area contributed by atoms with Crippen LogP contribution in [0, 0.1) is 0 Å². The highest BCUT2D eigenvalue weighted by Crippen LogP contribution is 2.08. The summed E-state index contributed by atoms with van der Waals surface area (Å²) in [5, 5.41) is 0. The zero-order valence-electron chi connectivity index (χ0n) is 14.2.